The lowest BCUT2D eigenvalue weighted by Gasteiger charge is -2.21. The van der Waals surface area contributed by atoms with E-state index < -0.39 is 0 Å². The summed E-state index contributed by atoms with van der Waals surface area (Å²) in [6.45, 7) is 4.12. The summed E-state index contributed by atoms with van der Waals surface area (Å²) in [7, 11) is 0. The zero-order valence-corrected chi connectivity index (χ0v) is 8.75. The molecule has 4 heteroatoms. The van der Waals surface area contributed by atoms with Gasteiger partial charge in [-0.05, 0) is 32.7 Å². The van der Waals surface area contributed by atoms with Gasteiger partial charge in [0, 0.05) is 13.1 Å². The molecule has 0 aromatic carbocycles. The first-order chi connectivity index (χ1) is 6.70. The van der Waals surface area contributed by atoms with E-state index in [2.05, 4.69) is 10.6 Å². The Morgan fingerprint density at radius 3 is 3.07 bits per heavy atom. The van der Waals surface area contributed by atoms with Crippen molar-refractivity contribution in [2.45, 2.75) is 32.3 Å². The fraction of sp³-hybridized carbons (Fsp3) is 0.900. The molecule has 0 aromatic rings. The van der Waals surface area contributed by atoms with E-state index in [0.717, 1.165) is 25.9 Å². The molecule has 0 radical (unpaired) electrons. The van der Waals surface area contributed by atoms with E-state index in [-0.39, 0.29) is 17.9 Å². The molecule has 1 amide bonds. The number of hydrogen-bond acceptors (Lipinski definition) is 3. The predicted molar refractivity (Wildman–Crippen MR) is 54.9 cm³/mol. The van der Waals surface area contributed by atoms with Crippen LogP contribution in [-0.4, -0.2) is 36.8 Å². The van der Waals surface area contributed by atoms with E-state index in [4.69, 9.17) is 5.11 Å². The summed E-state index contributed by atoms with van der Waals surface area (Å²) in [4.78, 5) is 11.5. The fourth-order valence-corrected chi connectivity index (χ4v) is 1.62. The fourth-order valence-electron chi connectivity index (χ4n) is 1.62. The molecule has 1 saturated heterocycles. The quantitative estimate of drug-likeness (QED) is 0.592. The van der Waals surface area contributed by atoms with Crippen molar-refractivity contribution in [3.63, 3.8) is 0 Å². The van der Waals surface area contributed by atoms with Gasteiger partial charge in [0.1, 0.15) is 0 Å². The lowest BCUT2D eigenvalue weighted by atomic mass is 9.99. The Kier molecular flexibility index (Phi) is 4.90. The third-order valence-electron chi connectivity index (χ3n) is 2.53. The van der Waals surface area contributed by atoms with E-state index in [1.807, 2.05) is 0 Å². The van der Waals surface area contributed by atoms with Crippen LogP contribution in [0.4, 0.5) is 0 Å². The van der Waals surface area contributed by atoms with Crippen molar-refractivity contribution in [2.24, 2.45) is 5.92 Å². The summed E-state index contributed by atoms with van der Waals surface area (Å²) in [5.41, 5.74) is 0. The van der Waals surface area contributed by atoms with E-state index in [9.17, 15) is 4.79 Å². The Morgan fingerprint density at radius 1 is 1.71 bits per heavy atom. The zero-order chi connectivity index (χ0) is 10.4. The Morgan fingerprint density at radius 2 is 2.50 bits per heavy atom. The van der Waals surface area contributed by atoms with Crippen LogP contribution in [0.3, 0.4) is 0 Å². The molecule has 1 aliphatic rings. The second-order valence-corrected chi connectivity index (χ2v) is 3.97. The van der Waals surface area contributed by atoms with Crippen LogP contribution in [0, 0.1) is 5.92 Å². The largest absolute Gasteiger partial charge is 0.393 e. The molecule has 82 valence electrons. The van der Waals surface area contributed by atoms with Crippen molar-refractivity contribution in [3.05, 3.63) is 0 Å². The third-order valence-corrected chi connectivity index (χ3v) is 2.53. The summed E-state index contributed by atoms with van der Waals surface area (Å²) < 4.78 is 0. The van der Waals surface area contributed by atoms with Crippen LogP contribution in [0.1, 0.15) is 26.2 Å². The van der Waals surface area contributed by atoms with Crippen molar-refractivity contribution in [2.75, 3.05) is 19.6 Å². The molecule has 1 aliphatic heterocycles. The van der Waals surface area contributed by atoms with Crippen LogP contribution in [0.25, 0.3) is 0 Å². The van der Waals surface area contributed by atoms with Gasteiger partial charge in [-0.2, -0.15) is 0 Å². The van der Waals surface area contributed by atoms with Crippen molar-refractivity contribution in [1.82, 2.24) is 10.6 Å². The van der Waals surface area contributed by atoms with Gasteiger partial charge in [-0.25, -0.2) is 0 Å². The highest BCUT2D eigenvalue weighted by Gasteiger charge is 2.20. The maximum Gasteiger partial charge on any atom is 0.224 e. The second kappa shape index (κ2) is 5.98. The number of nitrogens with one attached hydrogen (secondary N) is 2. The lowest BCUT2D eigenvalue weighted by molar-refractivity contribution is -0.125. The van der Waals surface area contributed by atoms with Crippen molar-refractivity contribution in [1.29, 1.82) is 0 Å². The summed E-state index contributed by atoms with van der Waals surface area (Å²) in [5, 5.41) is 15.1. The summed E-state index contributed by atoms with van der Waals surface area (Å²) >= 11 is 0. The Balaban J connectivity index is 2.13. The number of hydrogen-bond donors (Lipinski definition) is 3. The molecule has 0 spiro atoms. The topological polar surface area (TPSA) is 61.4 Å². The highest BCUT2D eigenvalue weighted by molar-refractivity contribution is 5.78. The monoisotopic (exact) mass is 200 g/mol. The average molecular weight is 200 g/mol. The molecule has 0 bridgehead atoms. The summed E-state index contributed by atoms with van der Waals surface area (Å²) in [6, 6.07) is 0. The average Bonchev–Trinajstić information content (AvgIpc) is 2.18. The molecule has 1 rings (SSSR count). The number of aliphatic hydroxyl groups is 1. The van der Waals surface area contributed by atoms with Gasteiger partial charge in [0.15, 0.2) is 0 Å². The van der Waals surface area contributed by atoms with Gasteiger partial charge in [0.05, 0.1) is 12.0 Å². The number of amides is 1. The molecule has 1 fully saturated rings. The summed E-state index contributed by atoms with van der Waals surface area (Å²) in [6.07, 6.45) is 2.35. The van der Waals surface area contributed by atoms with E-state index >= 15 is 0 Å². The predicted octanol–water partition coefficient (Wildman–Crippen LogP) is -0.127. The van der Waals surface area contributed by atoms with Crippen molar-refractivity contribution < 1.29 is 9.90 Å². The number of aliphatic hydroxyl groups excluding tert-OH is 1. The highest BCUT2D eigenvalue weighted by atomic mass is 16.3. The first kappa shape index (κ1) is 11.5. The minimum Gasteiger partial charge on any atom is -0.393 e. The van der Waals surface area contributed by atoms with Crippen molar-refractivity contribution in [3.8, 4) is 0 Å². The first-order valence-corrected chi connectivity index (χ1v) is 5.36. The van der Waals surface area contributed by atoms with Crippen LogP contribution in [0.2, 0.25) is 0 Å². The number of carbonyl (C=O) groups excluding carboxylic acids is 1. The van der Waals surface area contributed by atoms with Gasteiger partial charge >= 0.3 is 0 Å². The number of piperidine rings is 1. The zero-order valence-electron chi connectivity index (χ0n) is 8.75. The van der Waals surface area contributed by atoms with Crippen LogP contribution in [0.15, 0.2) is 0 Å². The molecule has 0 aliphatic carbocycles. The van der Waals surface area contributed by atoms with Gasteiger partial charge in [0.25, 0.3) is 0 Å². The minimum atomic E-state index is -0.334. The Labute approximate surface area is 85.1 Å². The molecule has 0 aromatic heterocycles. The van der Waals surface area contributed by atoms with Crippen LogP contribution in [-0.2, 0) is 4.79 Å². The maximum atomic E-state index is 11.5. The van der Waals surface area contributed by atoms with E-state index in [0.29, 0.717) is 13.0 Å². The smallest absolute Gasteiger partial charge is 0.224 e. The molecular formula is C10H20N2O2. The van der Waals surface area contributed by atoms with E-state index in [1.165, 1.54) is 0 Å². The van der Waals surface area contributed by atoms with E-state index in [1.54, 1.807) is 6.92 Å². The number of carbonyl (C=O) groups is 1. The first-order valence-electron chi connectivity index (χ1n) is 5.36. The summed E-state index contributed by atoms with van der Waals surface area (Å²) in [5.74, 6) is 0.246. The molecule has 2 atom stereocenters. The molecular weight excluding hydrogens is 180 g/mol. The minimum absolute atomic E-state index is 0.123. The van der Waals surface area contributed by atoms with Crippen LogP contribution >= 0.6 is 0 Å². The number of rotatable bonds is 4. The van der Waals surface area contributed by atoms with Gasteiger partial charge in [-0.1, -0.05) is 0 Å². The maximum absolute atomic E-state index is 11.5. The Hall–Kier alpha value is -0.610. The second-order valence-electron chi connectivity index (χ2n) is 3.97. The highest BCUT2D eigenvalue weighted by Crippen LogP contribution is 2.09. The standard InChI is InChI=1S/C10H20N2O2/c1-8(13)4-6-12-10(14)9-3-2-5-11-7-9/h8-9,11,13H,2-7H2,1H3,(H,12,14)/t8-,9+/m1/s1. The molecule has 14 heavy (non-hydrogen) atoms. The molecule has 3 N–H and O–H groups in total. The third kappa shape index (κ3) is 4.07. The molecule has 0 unspecified atom stereocenters. The SMILES string of the molecule is C[C@@H](O)CCNC(=O)[C@H]1CCCNC1. The van der Waals surface area contributed by atoms with Gasteiger partial charge in [-0.15, -0.1) is 0 Å². The molecule has 1 heterocycles. The molecule has 0 saturated carbocycles. The lowest BCUT2D eigenvalue weighted by Crippen LogP contribution is -2.41. The van der Waals surface area contributed by atoms with Gasteiger partial charge in [-0.3, -0.25) is 4.79 Å². The molecule has 4 nitrogen and oxygen atoms in total. The van der Waals surface area contributed by atoms with Crippen LogP contribution in [0.5, 0.6) is 0 Å². The van der Waals surface area contributed by atoms with Gasteiger partial charge < -0.3 is 15.7 Å². The Bertz CT molecular complexity index is 177. The van der Waals surface area contributed by atoms with Crippen LogP contribution < -0.4 is 10.6 Å². The van der Waals surface area contributed by atoms with Crippen molar-refractivity contribution >= 4 is 5.91 Å². The normalized spacial score (nSPS) is 24.3. The van der Waals surface area contributed by atoms with Gasteiger partial charge in [0.2, 0.25) is 5.91 Å².